The number of rotatable bonds is 2. The summed E-state index contributed by atoms with van der Waals surface area (Å²) in [6.07, 6.45) is -5.91. The number of hydrogen-bond donors (Lipinski definition) is 4. The molecular formula is C7H14Ac3O6. The second-order valence-corrected chi connectivity index (χ2v) is 2.93. The van der Waals surface area contributed by atoms with Gasteiger partial charge >= 0.3 is 0 Å². The van der Waals surface area contributed by atoms with E-state index in [0.29, 0.717) is 0 Å². The van der Waals surface area contributed by atoms with Gasteiger partial charge in [0.15, 0.2) is 6.29 Å². The molecule has 0 aromatic carbocycles. The molecule has 9 heteroatoms. The van der Waals surface area contributed by atoms with E-state index >= 15 is 0 Å². The van der Waals surface area contributed by atoms with Gasteiger partial charge < -0.3 is 29.9 Å². The van der Waals surface area contributed by atoms with E-state index in [2.05, 4.69) is 0 Å². The topological polar surface area (TPSA) is 99.4 Å². The Labute approximate surface area is 201 Å². The summed E-state index contributed by atoms with van der Waals surface area (Å²) in [6.45, 7) is -0.440. The van der Waals surface area contributed by atoms with E-state index in [4.69, 9.17) is 14.6 Å². The molecule has 6 nitrogen and oxygen atoms in total. The Bertz CT molecular complexity index is 154. The van der Waals surface area contributed by atoms with Crippen LogP contribution in [0, 0.1) is 132 Å². The Kier molecular flexibility index (Phi) is 20.0. The molecule has 1 aliphatic heterocycles. The van der Waals surface area contributed by atoms with Crippen LogP contribution in [0.1, 0.15) is 0 Å². The zero-order valence-electron chi connectivity index (χ0n) is 8.93. The maximum Gasteiger partial charge on any atom is 0.186 e. The molecule has 3 radical (unpaired) electrons. The summed E-state index contributed by atoms with van der Waals surface area (Å²) in [5.41, 5.74) is 0. The van der Waals surface area contributed by atoms with Gasteiger partial charge in [0.25, 0.3) is 0 Å². The van der Waals surface area contributed by atoms with Gasteiger partial charge in [0.1, 0.15) is 24.4 Å². The molecule has 0 saturated carbocycles. The monoisotopic (exact) mass is 876 g/mol. The minimum Gasteiger partial charge on any atom is -0.394 e. The van der Waals surface area contributed by atoms with Crippen molar-refractivity contribution in [2.75, 3.05) is 13.7 Å². The Balaban J connectivity index is -0.000000563. The van der Waals surface area contributed by atoms with Crippen LogP contribution in [-0.2, 0) is 9.47 Å². The second kappa shape index (κ2) is 12.8. The summed E-state index contributed by atoms with van der Waals surface area (Å²) in [5.74, 6) is 0. The Morgan fingerprint density at radius 2 is 1.56 bits per heavy atom. The molecule has 4 N–H and O–H groups in total. The van der Waals surface area contributed by atoms with Gasteiger partial charge in [-0.05, 0) is 0 Å². The summed E-state index contributed by atoms with van der Waals surface area (Å²) in [4.78, 5) is 0. The van der Waals surface area contributed by atoms with Crippen LogP contribution in [0.5, 0.6) is 0 Å². The first-order chi connectivity index (χ1) is 6.11. The zero-order valence-corrected chi connectivity index (χ0v) is 23.2. The first-order valence-electron chi connectivity index (χ1n) is 3.95. The van der Waals surface area contributed by atoms with Gasteiger partial charge in [-0.3, -0.25) is 0 Å². The molecular weight excluding hydrogens is 862 g/mol. The minimum atomic E-state index is -1.36. The number of methoxy groups -OCH3 is 1. The fraction of sp³-hybridized carbons (Fsp3) is 1.00. The SMILES string of the molecule is COC1OC(C[17OH])C(O)C(O)C1O.[Ac].[Ac].[Ac]. The predicted molar refractivity (Wildman–Crippen MR) is 40.8 cm³/mol. The number of hydrogen-bond acceptors (Lipinski definition) is 6. The number of ether oxygens (including phenoxy) is 2. The van der Waals surface area contributed by atoms with Crippen LogP contribution in [0.25, 0.3) is 0 Å². The van der Waals surface area contributed by atoms with Crippen molar-refractivity contribution >= 4 is 0 Å². The molecule has 0 bridgehead atoms. The van der Waals surface area contributed by atoms with Crippen LogP contribution < -0.4 is 0 Å². The molecule has 5 unspecified atom stereocenters. The van der Waals surface area contributed by atoms with Gasteiger partial charge in [-0.15, -0.1) is 0 Å². The molecule has 0 spiro atoms. The molecule has 1 heterocycles. The molecule has 0 aromatic rings. The van der Waals surface area contributed by atoms with Gasteiger partial charge in [-0.2, -0.15) is 0 Å². The van der Waals surface area contributed by atoms with E-state index in [0.717, 1.165) is 0 Å². The van der Waals surface area contributed by atoms with E-state index < -0.39 is 37.3 Å². The summed E-state index contributed by atoms with van der Waals surface area (Å²) in [6, 6.07) is 0. The van der Waals surface area contributed by atoms with Crippen molar-refractivity contribution in [3.8, 4) is 0 Å². The fourth-order valence-corrected chi connectivity index (χ4v) is 1.26. The van der Waals surface area contributed by atoms with Crippen molar-refractivity contribution in [1.82, 2.24) is 0 Å². The van der Waals surface area contributed by atoms with Crippen molar-refractivity contribution in [2.45, 2.75) is 30.7 Å². The van der Waals surface area contributed by atoms with Crippen molar-refractivity contribution in [1.29, 1.82) is 0 Å². The maximum atomic E-state index is 9.28. The standard InChI is InChI=1S/C7H14O6.3Ac/c1-12-7-6(11)5(10)4(9)3(2-8)13-7;;;/h3-11H,2H2,1H3;;;/i8+1;;;. The Hall–Kier alpha value is 4.08. The van der Waals surface area contributed by atoms with E-state index in [1.165, 1.54) is 7.11 Å². The minimum absolute atomic E-state index is 0. The van der Waals surface area contributed by atoms with E-state index in [1.807, 2.05) is 0 Å². The average Bonchev–Trinajstić information content (AvgIpc) is 2.15. The molecule has 0 aliphatic carbocycles. The van der Waals surface area contributed by atoms with Gasteiger partial charge in [-0.1, -0.05) is 0 Å². The van der Waals surface area contributed by atoms with Crippen LogP contribution >= 0.6 is 0 Å². The molecule has 1 saturated heterocycles. The van der Waals surface area contributed by atoms with Crippen LogP contribution in [0.3, 0.4) is 0 Å². The molecule has 0 aromatic heterocycles. The van der Waals surface area contributed by atoms with Crippen LogP contribution in [0.4, 0.5) is 0 Å². The zero-order chi connectivity index (χ0) is 10.0. The van der Waals surface area contributed by atoms with Gasteiger partial charge in [0.2, 0.25) is 0 Å². The first-order valence-corrected chi connectivity index (χ1v) is 3.95. The third-order valence-corrected chi connectivity index (χ3v) is 2.08. The molecule has 0 amide bonds. The summed E-state index contributed by atoms with van der Waals surface area (Å²) >= 11 is 0. The third-order valence-electron chi connectivity index (χ3n) is 2.08. The summed E-state index contributed by atoms with van der Waals surface area (Å²) in [5, 5.41) is 36.6. The quantitative estimate of drug-likeness (QED) is 0.244. The molecule has 87 valence electrons. The van der Waals surface area contributed by atoms with Crippen LogP contribution in [-0.4, -0.2) is 64.8 Å². The van der Waals surface area contributed by atoms with Crippen molar-refractivity contribution in [2.24, 2.45) is 0 Å². The number of aliphatic hydroxyl groups excluding tert-OH is 4. The van der Waals surface area contributed by atoms with Crippen molar-refractivity contribution < 1.29 is 162 Å². The third kappa shape index (κ3) is 6.69. The van der Waals surface area contributed by atoms with Gasteiger partial charge in [0, 0.05) is 139 Å². The molecule has 5 atom stereocenters. The van der Waals surface area contributed by atoms with Gasteiger partial charge in [-0.25, -0.2) is 0 Å². The second-order valence-electron chi connectivity index (χ2n) is 2.93. The average molecular weight is 876 g/mol. The fourth-order valence-electron chi connectivity index (χ4n) is 1.26. The van der Waals surface area contributed by atoms with E-state index in [1.54, 1.807) is 0 Å². The first kappa shape index (κ1) is 25.1. The summed E-state index contributed by atoms with van der Waals surface area (Å²) < 4.78 is 9.65. The van der Waals surface area contributed by atoms with Crippen molar-refractivity contribution in [3.05, 3.63) is 0 Å². The predicted octanol–water partition coefficient (Wildman–Crippen LogP) is -2.57. The molecule has 16 heavy (non-hydrogen) atoms. The Morgan fingerprint density at radius 1 is 1.06 bits per heavy atom. The molecule has 1 fully saturated rings. The largest absolute Gasteiger partial charge is 0.394 e. The Morgan fingerprint density at radius 3 is 1.94 bits per heavy atom. The number of aliphatic hydroxyl groups is 4. The van der Waals surface area contributed by atoms with Crippen LogP contribution in [0.15, 0.2) is 0 Å². The maximum absolute atomic E-state index is 9.28. The molecule has 1 aliphatic rings. The normalized spacial score (nSPS) is 37.7. The van der Waals surface area contributed by atoms with Gasteiger partial charge in [0.05, 0.1) is 6.61 Å². The summed E-state index contributed by atoms with van der Waals surface area (Å²) in [7, 11) is 1.30. The van der Waals surface area contributed by atoms with E-state index in [9.17, 15) is 15.3 Å². The molecule has 1 rings (SSSR count). The van der Waals surface area contributed by atoms with Crippen molar-refractivity contribution in [3.63, 3.8) is 0 Å². The smallest absolute Gasteiger partial charge is 0.186 e. The van der Waals surface area contributed by atoms with Crippen LogP contribution in [0.2, 0.25) is 0 Å². The van der Waals surface area contributed by atoms with E-state index in [-0.39, 0.29) is 132 Å².